The number of anilines is 1. The second-order valence-corrected chi connectivity index (χ2v) is 8.43. The second kappa shape index (κ2) is 7.65. The molecule has 5 rings (SSSR count). The molecule has 0 atom stereocenters. The number of hydrogen-bond acceptors (Lipinski definition) is 5. The van der Waals surface area contributed by atoms with Crippen LogP contribution in [-0.4, -0.2) is 32.7 Å². The van der Waals surface area contributed by atoms with Crippen LogP contribution in [0.25, 0.3) is 11.0 Å². The Hall–Kier alpha value is -3.06. The SMILES string of the molecule is Cc1c(C)n(Cc2ccco2)c2ncnc(SCC(=O)N3CCc4ccccc43)c12. The summed E-state index contributed by atoms with van der Waals surface area (Å²) < 4.78 is 7.67. The van der Waals surface area contributed by atoms with Crippen molar-refractivity contribution in [3.63, 3.8) is 0 Å². The van der Waals surface area contributed by atoms with Crippen molar-refractivity contribution in [3.05, 3.63) is 71.6 Å². The third kappa shape index (κ3) is 3.19. The molecule has 3 aromatic heterocycles. The zero-order chi connectivity index (χ0) is 20.7. The lowest BCUT2D eigenvalue weighted by atomic mass is 10.2. The predicted octanol–water partition coefficient (Wildman–Crippen LogP) is 4.37. The van der Waals surface area contributed by atoms with Crippen LogP contribution >= 0.6 is 11.8 Å². The number of amides is 1. The van der Waals surface area contributed by atoms with Crippen LogP contribution in [-0.2, 0) is 17.8 Å². The molecule has 1 aromatic carbocycles. The standard InChI is InChI=1S/C23H22N4O2S/c1-15-16(2)27(12-18-7-5-11-29-18)22-21(15)23(25-14-24-22)30-13-20(28)26-10-9-17-6-3-4-8-19(17)26/h3-8,11,14H,9-10,12-13H2,1-2H3. The molecule has 1 aliphatic heterocycles. The first-order valence-corrected chi connectivity index (χ1v) is 11.0. The third-order valence-electron chi connectivity index (χ3n) is 5.79. The summed E-state index contributed by atoms with van der Waals surface area (Å²) in [7, 11) is 0. The minimum absolute atomic E-state index is 0.112. The number of aryl methyl sites for hydroxylation is 1. The normalized spacial score (nSPS) is 13.2. The van der Waals surface area contributed by atoms with E-state index in [1.807, 2.05) is 35.2 Å². The Labute approximate surface area is 178 Å². The third-order valence-corrected chi connectivity index (χ3v) is 6.76. The van der Waals surface area contributed by atoms with E-state index in [2.05, 4.69) is 34.4 Å². The zero-order valence-corrected chi connectivity index (χ0v) is 17.8. The molecular weight excluding hydrogens is 396 g/mol. The Kier molecular flexibility index (Phi) is 4.83. The molecule has 152 valence electrons. The van der Waals surface area contributed by atoms with Crippen molar-refractivity contribution >= 4 is 34.4 Å². The molecule has 7 heteroatoms. The van der Waals surface area contributed by atoms with Crippen molar-refractivity contribution in [1.82, 2.24) is 14.5 Å². The highest BCUT2D eigenvalue weighted by Gasteiger charge is 2.25. The molecule has 6 nitrogen and oxygen atoms in total. The van der Waals surface area contributed by atoms with Gasteiger partial charge in [0.1, 0.15) is 22.8 Å². The van der Waals surface area contributed by atoms with Crippen LogP contribution in [0.4, 0.5) is 5.69 Å². The largest absolute Gasteiger partial charge is 0.467 e. The number of fused-ring (bicyclic) bond motifs is 2. The van der Waals surface area contributed by atoms with E-state index in [4.69, 9.17) is 4.42 Å². The maximum Gasteiger partial charge on any atom is 0.237 e. The van der Waals surface area contributed by atoms with Gasteiger partial charge >= 0.3 is 0 Å². The minimum atomic E-state index is 0.112. The summed E-state index contributed by atoms with van der Waals surface area (Å²) in [5.74, 6) is 1.34. The molecule has 0 saturated heterocycles. The van der Waals surface area contributed by atoms with E-state index in [1.54, 1.807) is 12.6 Å². The van der Waals surface area contributed by atoms with Crippen LogP contribution in [0.15, 0.2) is 58.4 Å². The first-order chi connectivity index (χ1) is 14.6. The lowest BCUT2D eigenvalue weighted by Gasteiger charge is -2.17. The van der Waals surface area contributed by atoms with Crippen molar-refractivity contribution in [1.29, 1.82) is 0 Å². The van der Waals surface area contributed by atoms with Gasteiger partial charge in [-0.3, -0.25) is 4.79 Å². The summed E-state index contributed by atoms with van der Waals surface area (Å²) >= 11 is 1.48. The Balaban J connectivity index is 1.41. The van der Waals surface area contributed by atoms with Gasteiger partial charge in [-0.2, -0.15) is 0 Å². The van der Waals surface area contributed by atoms with E-state index in [0.29, 0.717) is 12.3 Å². The van der Waals surface area contributed by atoms with Gasteiger partial charge in [0.25, 0.3) is 0 Å². The fourth-order valence-electron chi connectivity index (χ4n) is 4.10. The van der Waals surface area contributed by atoms with Crippen LogP contribution in [0, 0.1) is 13.8 Å². The van der Waals surface area contributed by atoms with Gasteiger partial charge in [-0.25, -0.2) is 9.97 Å². The summed E-state index contributed by atoms with van der Waals surface area (Å²) in [6.07, 6.45) is 4.18. The number of rotatable bonds is 5. The number of carbonyl (C=O) groups excluding carboxylic acids is 1. The monoisotopic (exact) mass is 418 g/mol. The number of benzene rings is 1. The summed E-state index contributed by atoms with van der Waals surface area (Å²) in [4.78, 5) is 23.9. The molecule has 4 heterocycles. The first kappa shape index (κ1) is 18.9. The maximum atomic E-state index is 12.9. The van der Waals surface area contributed by atoms with E-state index in [-0.39, 0.29) is 5.91 Å². The number of aromatic nitrogens is 3. The molecular formula is C23H22N4O2S. The van der Waals surface area contributed by atoms with Crippen LogP contribution in [0.3, 0.4) is 0 Å². The molecule has 0 N–H and O–H groups in total. The second-order valence-electron chi connectivity index (χ2n) is 7.47. The van der Waals surface area contributed by atoms with E-state index in [0.717, 1.165) is 51.7 Å². The summed E-state index contributed by atoms with van der Waals surface area (Å²) in [6.45, 7) is 5.53. The van der Waals surface area contributed by atoms with E-state index >= 15 is 0 Å². The highest BCUT2D eigenvalue weighted by molar-refractivity contribution is 8.00. The summed E-state index contributed by atoms with van der Waals surface area (Å²) in [5.41, 5.74) is 5.41. The average molecular weight is 419 g/mol. The fraction of sp³-hybridized carbons (Fsp3) is 0.261. The van der Waals surface area contributed by atoms with E-state index in [9.17, 15) is 4.79 Å². The number of carbonyl (C=O) groups is 1. The van der Waals surface area contributed by atoms with Gasteiger partial charge in [-0.15, -0.1) is 0 Å². The van der Waals surface area contributed by atoms with Crippen molar-refractivity contribution in [2.45, 2.75) is 31.8 Å². The Morgan fingerprint density at radius 1 is 1.17 bits per heavy atom. The maximum absolute atomic E-state index is 12.9. The number of nitrogens with zero attached hydrogens (tertiary/aromatic N) is 4. The van der Waals surface area contributed by atoms with Gasteiger partial charge in [0.05, 0.1) is 23.9 Å². The molecule has 1 aliphatic rings. The van der Waals surface area contributed by atoms with Crippen LogP contribution < -0.4 is 4.90 Å². The lowest BCUT2D eigenvalue weighted by molar-refractivity contribution is -0.116. The van der Waals surface area contributed by atoms with Crippen molar-refractivity contribution in [3.8, 4) is 0 Å². The molecule has 0 fully saturated rings. The Bertz CT molecular complexity index is 1230. The molecule has 1 amide bonds. The molecule has 0 spiro atoms. The highest BCUT2D eigenvalue weighted by atomic mass is 32.2. The van der Waals surface area contributed by atoms with Gasteiger partial charge in [-0.05, 0) is 49.6 Å². The van der Waals surface area contributed by atoms with E-state index < -0.39 is 0 Å². The number of furan rings is 1. The Morgan fingerprint density at radius 3 is 2.87 bits per heavy atom. The van der Waals surface area contributed by atoms with Gasteiger partial charge in [0.15, 0.2) is 0 Å². The van der Waals surface area contributed by atoms with E-state index in [1.165, 1.54) is 17.3 Å². The van der Waals surface area contributed by atoms with Crippen LogP contribution in [0.5, 0.6) is 0 Å². The van der Waals surface area contributed by atoms with Gasteiger partial charge in [0.2, 0.25) is 5.91 Å². The van der Waals surface area contributed by atoms with Crippen LogP contribution in [0.1, 0.15) is 22.6 Å². The molecule has 0 radical (unpaired) electrons. The number of thioether (sulfide) groups is 1. The smallest absolute Gasteiger partial charge is 0.237 e. The lowest BCUT2D eigenvalue weighted by Crippen LogP contribution is -2.30. The number of hydrogen-bond donors (Lipinski definition) is 0. The van der Waals surface area contributed by atoms with Gasteiger partial charge in [-0.1, -0.05) is 30.0 Å². The first-order valence-electron chi connectivity index (χ1n) is 9.97. The zero-order valence-electron chi connectivity index (χ0n) is 17.0. The Morgan fingerprint density at radius 2 is 2.03 bits per heavy atom. The summed E-state index contributed by atoms with van der Waals surface area (Å²) in [5, 5.41) is 1.86. The summed E-state index contributed by atoms with van der Waals surface area (Å²) in [6, 6.07) is 12.0. The molecule has 0 aliphatic carbocycles. The van der Waals surface area contributed by atoms with Gasteiger partial charge in [0, 0.05) is 17.9 Å². The topological polar surface area (TPSA) is 64.2 Å². The highest BCUT2D eigenvalue weighted by Crippen LogP contribution is 2.33. The number of para-hydroxylation sites is 1. The molecule has 30 heavy (non-hydrogen) atoms. The fourth-order valence-corrected chi connectivity index (χ4v) is 5.03. The quantitative estimate of drug-likeness (QED) is 0.356. The van der Waals surface area contributed by atoms with Crippen molar-refractivity contribution < 1.29 is 9.21 Å². The average Bonchev–Trinajstić information content (AvgIpc) is 3.48. The van der Waals surface area contributed by atoms with Crippen molar-refractivity contribution in [2.24, 2.45) is 0 Å². The predicted molar refractivity (Wildman–Crippen MR) is 118 cm³/mol. The van der Waals surface area contributed by atoms with Crippen LogP contribution in [0.2, 0.25) is 0 Å². The molecule has 0 bridgehead atoms. The van der Waals surface area contributed by atoms with Crippen molar-refractivity contribution in [2.75, 3.05) is 17.2 Å². The van der Waals surface area contributed by atoms with Gasteiger partial charge < -0.3 is 13.9 Å². The molecule has 4 aromatic rings. The minimum Gasteiger partial charge on any atom is -0.467 e. The molecule has 0 saturated carbocycles. The molecule has 0 unspecified atom stereocenters.